The number of aryl methyl sites for hydroxylation is 2. The maximum atomic E-state index is 12.9. The lowest BCUT2D eigenvalue weighted by Gasteiger charge is -2.19. The molecule has 1 aromatic carbocycles. The fourth-order valence-electron chi connectivity index (χ4n) is 3.31. The number of H-pyrrole nitrogens is 1. The molecule has 1 aliphatic rings. The molecule has 3 aromatic rings. The third-order valence-electron chi connectivity index (χ3n) is 4.63. The Morgan fingerprint density at radius 2 is 2.16 bits per heavy atom. The molecule has 2 heterocycles. The molecule has 128 valence electrons. The second kappa shape index (κ2) is 6.44. The van der Waals surface area contributed by atoms with Gasteiger partial charge >= 0.3 is 0 Å². The Balaban J connectivity index is 1.61. The number of nitrogens with one attached hydrogen (secondary N) is 1. The van der Waals surface area contributed by atoms with E-state index in [0.717, 1.165) is 17.7 Å². The molecular formula is C19H19N3O2S. The summed E-state index contributed by atoms with van der Waals surface area (Å²) in [5.74, 6) is 0.528. The van der Waals surface area contributed by atoms with Crippen LogP contribution in [0.5, 0.6) is 0 Å². The predicted octanol–water partition coefficient (Wildman–Crippen LogP) is 3.14. The van der Waals surface area contributed by atoms with Gasteiger partial charge in [-0.15, -0.1) is 11.3 Å². The van der Waals surface area contributed by atoms with Crippen molar-refractivity contribution >= 4 is 28.1 Å². The summed E-state index contributed by atoms with van der Waals surface area (Å²) in [5.41, 5.74) is 1.81. The third-order valence-corrected chi connectivity index (χ3v) is 5.85. The molecule has 0 bridgehead atoms. The van der Waals surface area contributed by atoms with Crippen LogP contribution in [-0.4, -0.2) is 27.3 Å². The molecule has 5 nitrogen and oxygen atoms in total. The van der Waals surface area contributed by atoms with Gasteiger partial charge in [0, 0.05) is 11.4 Å². The average Bonchev–Trinajstić information content (AvgIpc) is 3.21. The van der Waals surface area contributed by atoms with Crippen molar-refractivity contribution in [3.05, 3.63) is 61.8 Å². The monoisotopic (exact) mass is 353 g/mol. The van der Waals surface area contributed by atoms with E-state index in [2.05, 4.69) is 9.97 Å². The smallest absolute Gasteiger partial charge is 0.264 e. The first kappa shape index (κ1) is 16.0. The van der Waals surface area contributed by atoms with Crippen molar-refractivity contribution in [3.8, 4) is 0 Å². The van der Waals surface area contributed by atoms with E-state index in [1.807, 2.05) is 31.2 Å². The Kier molecular flexibility index (Phi) is 4.13. The molecule has 4 rings (SSSR count). The van der Waals surface area contributed by atoms with Crippen LogP contribution in [-0.2, 0) is 19.4 Å². The number of fused-ring (bicyclic) bond motifs is 2. The molecule has 1 N–H and O–H groups in total. The summed E-state index contributed by atoms with van der Waals surface area (Å²) in [5, 5.41) is 0.565. The van der Waals surface area contributed by atoms with E-state index in [1.54, 1.807) is 22.3 Å². The van der Waals surface area contributed by atoms with Crippen LogP contribution in [0, 0.1) is 0 Å². The highest BCUT2D eigenvalue weighted by atomic mass is 32.1. The maximum Gasteiger partial charge on any atom is 0.264 e. The van der Waals surface area contributed by atoms with Crippen LogP contribution in [0.3, 0.4) is 0 Å². The molecule has 0 saturated heterocycles. The number of nitrogens with zero attached hydrogens (tertiary/aromatic N) is 2. The number of thiophene rings is 1. The van der Waals surface area contributed by atoms with Crippen molar-refractivity contribution in [2.45, 2.75) is 32.7 Å². The lowest BCUT2D eigenvalue weighted by molar-refractivity contribution is 0.0753. The van der Waals surface area contributed by atoms with Gasteiger partial charge in [-0.1, -0.05) is 12.1 Å². The standard InChI is InChI=1S/C19H19N3O2S/c1-2-22(19(24)16-10-12-6-5-9-15(12)25-16)11-17-20-14-8-4-3-7-13(14)18(23)21-17/h3-4,7-8,10H,2,5-6,9,11H2,1H3,(H,20,21,23). The molecule has 25 heavy (non-hydrogen) atoms. The Morgan fingerprint density at radius 3 is 2.96 bits per heavy atom. The minimum absolute atomic E-state index is 0.0118. The van der Waals surface area contributed by atoms with Crippen LogP contribution < -0.4 is 5.56 Å². The number of para-hydroxylation sites is 1. The minimum atomic E-state index is -0.167. The molecule has 0 atom stereocenters. The van der Waals surface area contributed by atoms with Gasteiger partial charge in [-0.2, -0.15) is 0 Å². The van der Waals surface area contributed by atoms with Gasteiger partial charge in [0.15, 0.2) is 0 Å². The van der Waals surface area contributed by atoms with Gasteiger partial charge in [-0.05, 0) is 49.9 Å². The summed E-state index contributed by atoms with van der Waals surface area (Å²) in [7, 11) is 0. The third kappa shape index (κ3) is 2.98. The zero-order chi connectivity index (χ0) is 17.4. The number of hydrogen-bond donors (Lipinski definition) is 1. The van der Waals surface area contributed by atoms with Gasteiger partial charge < -0.3 is 9.88 Å². The number of hydrogen-bond acceptors (Lipinski definition) is 4. The molecule has 0 unspecified atom stereocenters. The van der Waals surface area contributed by atoms with E-state index < -0.39 is 0 Å². The molecule has 0 spiro atoms. The normalized spacial score (nSPS) is 13.2. The van der Waals surface area contributed by atoms with E-state index in [0.29, 0.717) is 29.8 Å². The molecule has 1 aliphatic carbocycles. The van der Waals surface area contributed by atoms with Crippen molar-refractivity contribution in [1.82, 2.24) is 14.9 Å². The van der Waals surface area contributed by atoms with Gasteiger partial charge in [0.25, 0.3) is 11.5 Å². The van der Waals surface area contributed by atoms with Crippen LogP contribution in [0.15, 0.2) is 35.1 Å². The van der Waals surface area contributed by atoms with E-state index in [-0.39, 0.29) is 11.5 Å². The van der Waals surface area contributed by atoms with E-state index >= 15 is 0 Å². The number of amides is 1. The summed E-state index contributed by atoms with van der Waals surface area (Å²) in [4.78, 5) is 36.2. The Hall–Kier alpha value is -2.47. The summed E-state index contributed by atoms with van der Waals surface area (Å²) in [6.45, 7) is 2.81. The maximum absolute atomic E-state index is 12.9. The Labute approximate surface area is 149 Å². The summed E-state index contributed by atoms with van der Waals surface area (Å²) >= 11 is 1.61. The van der Waals surface area contributed by atoms with Crippen LogP contribution in [0.25, 0.3) is 10.9 Å². The minimum Gasteiger partial charge on any atom is -0.331 e. The first-order chi connectivity index (χ1) is 12.2. The highest BCUT2D eigenvalue weighted by Crippen LogP contribution is 2.31. The lowest BCUT2D eigenvalue weighted by atomic mass is 10.2. The molecule has 0 radical (unpaired) electrons. The van der Waals surface area contributed by atoms with Gasteiger partial charge in [0.05, 0.1) is 22.3 Å². The molecule has 0 aliphatic heterocycles. The van der Waals surface area contributed by atoms with Gasteiger partial charge in [-0.3, -0.25) is 9.59 Å². The number of benzene rings is 1. The summed E-state index contributed by atoms with van der Waals surface area (Å²) in [6, 6.07) is 9.27. The lowest BCUT2D eigenvalue weighted by Crippen LogP contribution is -2.31. The number of carbonyl (C=O) groups is 1. The van der Waals surface area contributed by atoms with Gasteiger partial charge in [-0.25, -0.2) is 4.98 Å². The predicted molar refractivity (Wildman–Crippen MR) is 99.1 cm³/mol. The highest BCUT2D eigenvalue weighted by molar-refractivity contribution is 7.14. The molecular weight excluding hydrogens is 334 g/mol. The van der Waals surface area contributed by atoms with E-state index in [9.17, 15) is 9.59 Å². The molecule has 2 aromatic heterocycles. The largest absolute Gasteiger partial charge is 0.331 e. The summed E-state index contributed by atoms with van der Waals surface area (Å²) in [6.07, 6.45) is 3.35. The SMILES string of the molecule is CCN(Cc1nc2ccccc2c(=O)[nH]1)C(=O)c1cc2c(s1)CCC2. The highest BCUT2D eigenvalue weighted by Gasteiger charge is 2.22. The number of aromatic nitrogens is 2. The van der Waals surface area contributed by atoms with Crippen molar-refractivity contribution in [3.63, 3.8) is 0 Å². The number of carbonyl (C=O) groups excluding carboxylic acids is 1. The Bertz CT molecular complexity index is 984. The van der Waals surface area contributed by atoms with Crippen LogP contribution in [0.4, 0.5) is 0 Å². The van der Waals surface area contributed by atoms with Gasteiger partial charge in [0.2, 0.25) is 0 Å². The second-order valence-corrected chi connectivity index (χ2v) is 7.40. The second-order valence-electron chi connectivity index (χ2n) is 6.26. The van der Waals surface area contributed by atoms with Crippen molar-refractivity contribution < 1.29 is 4.79 Å². The van der Waals surface area contributed by atoms with Crippen molar-refractivity contribution in [2.75, 3.05) is 6.54 Å². The zero-order valence-electron chi connectivity index (χ0n) is 14.0. The number of rotatable bonds is 4. The topological polar surface area (TPSA) is 66.1 Å². The first-order valence-electron chi connectivity index (χ1n) is 8.54. The quantitative estimate of drug-likeness (QED) is 0.784. The summed E-state index contributed by atoms with van der Waals surface area (Å²) < 4.78 is 0. The first-order valence-corrected chi connectivity index (χ1v) is 9.36. The van der Waals surface area contributed by atoms with Crippen molar-refractivity contribution in [2.24, 2.45) is 0 Å². The molecule has 1 amide bonds. The van der Waals surface area contributed by atoms with E-state index in [4.69, 9.17) is 0 Å². The van der Waals surface area contributed by atoms with E-state index in [1.165, 1.54) is 16.9 Å². The number of aromatic amines is 1. The Morgan fingerprint density at radius 1 is 1.32 bits per heavy atom. The van der Waals surface area contributed by atoms with Gasteiger partial charge in [0.1, 0.15) is 5.82 Å². The van der Waals surface area contributed by atoms with Crippen molar-refractivity contribution in [1.29, 1.82) is 0 Å². The molecule has 0 fully saturated rings. The fourth-order valence-corrected chi connectivity index (χ4v) is 4.53. The van der Waals surface area contributed by atoms with Crippen LogP contribution >= 0.6 is 11.3 Å². The average molecular weight is 353 g/mol. The van der Waals surface area contributed by atoms with Crippen LogP contribution in [0.1, 0.15) is 39.3 Å². The van der Waals surface area contributed by atoms with Crippen LogP contribution in [0.2, 0.25) is 0 Å². The molecule has 0 saturated carbocycles. The molecule has 6 heteroatoms. The fraction of sp³-hybridized carbons (Fsp3) is 0.316. The zero-order valence-corrected chi connectivity index (χ0v) is 14.9.